The molecule has 3 aromatic carbocycles. The molecule has 0 N–H and O–H groups in total. The summed E-state index contributed by atoms with van der Waals surface area (Å²) in [7, 11) is 0. The van der Waals surface area contributed by atoms with Gasteiger partial charge in [-0.15, -0.1) is 35.6 Å². The number of para-hydroxylation sites is 1. The number of benzene rings is 3. The second-order valence-corrected chi connectivity index (χ2v) is 7.44. The Morgan fingerprint density at radius 2 is 1.45 bits per heavy atom. The van der Waals surface area contributed by atoms with E-state index in [0.717, 1.165) is 56.0 Å². The standard InChI is InChI=1S/C28H17N3O.Ni/c1-2-10-21(11-3-1)30-24-13-7-14-25-27(24)28-26(32-25)16-15-23(31-28)20-9-6-8-19(18-20)22-12-4-5-17-29-22;/h1-17H;/q-2;+2. The summed E-state index contributed by atoms with van der Waals surface area (Å²) < 4.78 is 6.07. The van der Waals surface area contributed by atoms with Gasteiger partial charge in [-0.1, -0.05) is 71.8 Å². The van der Waals surface area contributed by atoms with Gasteiger partial charge in [-0.25, -0.2) is 0 Å². The first-order valence-corrected chi connectivity index (χ1v) is 10.4. The molecule has 33 heavy (non-hydrogen) atoms. The first kappa shape index (κ1) is 20.9. The number of nitrogens with zero attached hydrogens (tertiary/aromatic N) is 3. The number of pyridine rings is 2. The van der Waals surface area contributed by atoms with Crippen molar-refractivity contribution >= 4 is 33.4 Å². The van der Waals surface area contributed by atoms with Gasteiger partial charge in [-0.05, 0) is 18.2 Å². The molecule has 0 amide bonds. The largest absolute Gasteiger partial charge is 2.00 e. The molecule has 0 atom stereocenters. The second-order valence-electron chi connectivity index (χ2n) is 7.44. The Bertz CT molecular complexity index is 1550. The maximum Gasteiger partial charge on any atom is 2.00 e. The summed E-state index contributed by atoms with van der Waals surface area (Å²) in [5.41, 5.74) is 7.58. The average Bonchev–Trinajstić information content (AvgIpc) is 3.24. The van der Waals surface area contributed by atoms with E-state index in [0.29, 0.717) is 0 Å². The fourth-order valence-electron chi connectivity index (χ4n) is 3.84. The SMILES string of the molecule is [Ni+2].[c-]1c(-c2ccccn2)cccc1-c1ccc2oc3cccc([N-]c4ccccc4)c3c2n1. The molecule has 0 radical (unpaired) electrons. The van der Waals surface area contributed by atoms with E-state index >= 15 is 0 Å². The predicted molar refractivity (Wildman–Crippen MR) is 128 cm³/mol. The van der Waals surface area contributed by atoms with Gasteiger partial charge in [0.15, 0.2) is 5.58 Å². The normalized spacial score (nSPS) is 10.8. The molecular weight excluding hydrogens is 453 g/mol. The van der Waals surface area contributed by atoms with Crippen molar-refractivity contribution in [2.45, 2.75) is 0 Å². The maximum atomic E-state index is 6.07. The molecule has 5 heteroatoms. The van der Waals surface area contributed by atoms with E-state index in [-0.39, 0.29) is 16.5 Å². The molecule has 4 nitrogen and oxygen atoms in total. The molecule has 0 aliphatic rings. The van der Waals surface area contributed by atoms with Gasteiger partial charge in [-0.2, -0.15) is 0 Å². The molecule has 0 bridgehead atoms. The molecule has 0 saturated carbocycles. The third-order valence-corrected chi connectivity index (χ3v) is 5.34. The van der Waals surface area contributed by atoms with E-state index in [4.69, 9.17) is 14.7 Å². The molecule has 160 valence electrons. The predicted octanol–water partition coefficient (Wildman–Crippen LogP) is 7.84. The van der Waals surface area contributed by atoms with Crippen LogP contribution in [0.3, 0.4) is 0 Å². The van der Waals surface area contributed by atoms with Crippen molar-refractivity contribution in [3.05, 3.63) is 115 Å². The Morgan fingerprint density at radius 3 is 2.27 bits per heavy atom. The third kappa shape index (κ3) is 3.99. The zero-order chi connectivity index (χ0) is 21.3. The van der Waals surface area contributed by atoms with Crippen LogP contribution in [0.15, 0.2) is 108 Å². The number of furan rings is 1. The van der Waals surface area contributed by atoms with Gasteiger partial charge >= 0.3 is 16.5 Å². The van der Waals surface area contributed by atoms with Crippen LogP contribution in [0.2, 0.25) is 0 Å². The summed E-state index contributed by atoms with van der Waals surface area (Å²) in [5, 5.41) is 5.74. The molecule has 3 heterocycles. The Kier molecular flexibility index (Phi) is 5.64. The van der Waals surface area contributed by atoms with E-state index in [9.17, 15) is 0 Å². The molecule has 0 aliphatic heterocycles. The summed E-state index contributed by atoms with van der Waals surface area (Å²) >= 11 is 0. The summed E-state index contributed by atoms with van der Waals surface area (Å²) in [6.45, 7) is 0. The fraction of sp³-hybridized carbons (Fsp3) is 0. The Morgan fingerprint density at radius 1 is 0.667 bits per heavy atom. The fourth-order valence-corrected chi connectivity index (χ4v) is 3.84. The quantitative estimate of drug-likeness (QED) is 0.195. The van der Waals surface area contributed by atoms with Crippen molar-refractivity contribution in [3.63, 3.8) is 0 Å². The third-order valence-electron chi connectivity index (χ3n) is 5.34. The van der Waals surface area contributed by atoms with Gasteiger partial charge < -0.3 is 9.73 Å². The molecule has 6 aromatic rings. The van der Waals surface area contributed by atoms with Gasteiger partial charge in [0.05, 0.1) is 0 Å². The molecule has 0 spiro atoms. The average molecular weight is 470 g/mol. The Labute approximate surface area is 201 Å². The van der Waals surface area contributed by atoms with E-state index < -0.39 is 0 Å². The Balaban J connectivity index is 0.00000228. The Hall–Kier alpha value is -3.95. The van der Waals surface area contributed by atoms with E-state index in [2.05, 4.69) is 11.1 Å². The van der Waals surface area contributed by atoms with Crippen LogP contribution in [0, 0.1) is 6.07 Å². The van der Waals surface area contributed by atoms with Crippen molar-refractivity contribution in [3.8, 4) is 22.5 Å². The molecule has 0 unspecified atom stereocenters. The molecule has 0 saturated heterocycles. The molecular formula is C28H17N3NiO. The number of hydrogen-bond donors (Lipinski definition) is 0. The van der Waals surface area contributed by atoms with E-state index in [1.165, 1.54) is 0 Å². The van der Waals surface area contributed by atoms with Gasteiger partial charge in [0.2, 0.25) is 0 Å². The van der Waals surface area contributed by atoms with Crippen LogP contribution in [0.5, 0.6) is 0 Å². The van der Waals surface area contributed by atoms with Crippen LogP contribution in [-0.4, -0.2) is 9.97 Å². The van der Waals surface area contributed by atoms with Crippen LogP contribution in [0.4, 0.5) is 11.4 Å². The smallest absolute Gasteiger partial charge is 0.657 e. The minimum absolute atomic E-state index is 0. The molecule has 3 aromatic heterocycles. The molecule has 0 aliphatic carbocycles. The van der Waals surface area contributed by atoms with Crippen LogP contribution >= 0.6 is 0 Å². The summed E-state index contributed by atoms with van der Waals surface area (Å²) in [6.07, 6.45) is 1.79. The van der Waals surface area contributed by atoms with Crippen molar-refractivity contribution in [1.82, 2.24) is 9.97 Å². The topological polar surface area (TPSA) is 53.0 Å². The van der Waals surface area contributed by atoms with Crippen molar-refractivity contribution < 1.29 is 20.9 Å². The first-order valence-electron chi connectivity index (χ1n) is 10.4. The minimum Gasteiger partial charge on any atom is -0.657 e. The summed E-state index contributed by atoms with van der Waals surface area (Å²) in [4.78, 5) is 9.40. The van der Waals surface area contributed by atoms with Crippen molar-refractivity contribution in [2.75, 3.05) is 0 Å². The van der Waals surface area contributed by atoms with Gasteiger partial charge in [0, 0.05) is 23.0 Å². The van der Waals surface area contributed by atoms with Crippen LogP contribution in [-0.2, 0) is 16.5 Å². The number of rotatable bonds is 4. The summed E-state index contributed by atoms with van der Waals surface area (Å²) in [5.74, 6) is 0. The maximum absolute atomic E-state index is 6.07. The van der Waals surface area contributed by atoms with Gasteiger partial charge in [0.25, 0.3) is 0 Å². The van der Waals surface area contributed by atoms with Gasteiger partial charge in [0.1, 0.15) is 11.1 Å². The molecule has 6 rings (SSSR count). The van der Waals surface area contributed by atoms with Gasteiger partial charge in [-0.3, -0.25) is 9.97 Å². The number of hydrogen-bond acceptors (Lipinski definition) is 3. The first-order chi connectivity index (χ1) is 15.8. The van der Waals surface area contributed by atoms with Crippen LogP contribution in [0.1, 0.15) is 0 Å². The minimum atomic E-state index is 0. The summed E-state index contributed by atoms with van der Waals surface area (Å²) in [6, 6.07) is 35.1. The van der Waals surface area contributed by atoms with E-state index in [1.807, 2.05) is 97.1 Å². The van der Waals surface area contributed by atoms with Crippen LogP contribution < -0.4 is 0 Å². The number of aromatic nitrogens is 2. The van der Waals surface area contributed by atoms with Crippen molar-refractivity contribution in [2.24, 2.45) is 0 Å². The second kappa shape index (κ2) is 8.89. The monoisotopic (exact) mass is 469 g/mol. The zero-order valence-electron chi connectivity index (χ0n) is 17.4. The van der Waals surface area contributed by atoms with E-state index in [1.54, 1.807) is 6.20 Å². The van der Waals surface area contributed by atoms with Crippen molar-refractivity contribution in [1.29, 1.82) is 0 Å². The molecule has 0 fully saturated rings. The number of fused-ring (bicyclic) bond motifs is 3. The van der Waals surface area contributed by atoms with Crippen LogP contribution in [0.25, 0.3) is 49.9 Å². The zero-order valence-corrected chi connectivity index (χ0v) is 18.4.